The van der Waals surface area contributed by atoms with E-state index in [1.54, 1.807) is 24.3 Å². The van der Waals surface area contributed by atoms with Gasteiger partial charge in [-0.15, -0.1) is 0 Å². The van der Waals surface area contributed by atoms with Crippen LogP contribution >= 0.6 is 11.6 Å². The van der Waals surface area contributed by atoms with E-state index < -0.39 is 6.04 Å². The molecule has 0 radical (unpaired) electrons. The van der Waals surface area contributed by atoms with Gasteiger partial charge in [0.1, 0.15) is 6.04 Å². The van der Waals surface area contributed by atoms with E-state index in [1.165, 1.54) is 5.69 Å². The van der Waals surface area contributed by atoms with Crippen molar-refractivity contribution in [2.45, 2.75) is 33.2 Å². The molecular formula is C25H33ClN4O2. The summed E-state index contributed by atoms with van der Waals surface area (Å²) in [5.41, 5.74) is 3.53. The molecule has 0 aliphatic carbocycles. The van der Waals surface area contributed by atoms with Crippen LogP contribution in [-0.4, -0.2) is 56.0 Å². The number of hydrogen-bond donors (Lipinski definition) is 2. The first-order valence-electron chi connectivity index (χ1n) is 11.2. The second-order valence-corrected chi connectivity index (χ2v) is 9.06. The van der Waals surface area contributed by atoms with Crippen molar-refractivity contribution < 1.29 is 9.59 Å². The molecule has 0 bridgehead atoms. The molecule has 172 valence electrons. The van der Waals surface area contributed by atoms with Crippen LogP contribution in [0.3, 0.4) is 0 Å². The minimum Gasteiger partial charge on any atom is -0.369 e. The summed E-state index contributed by atoms with van der Waals surface area (Å²) >= 11 is 5.91. The fraction of sp³-hybridized carbons (Fsp3) is 0.440. The summed E-state index contributed by atoms with van der Waals surface area (Å²) in [5, 5.41) is 6.46. The summed E-state index contributed by atoms with van der Waals surface area (Å²) in [6, 6.07) is 12.0. The average molecular weight is 457 g/mol. The zero-order chi connectivity index (χ0) is 23.3. The van der Waals surface area contributed by atoms with Gasteiger partial charge in [0.2, 0.25) is 5.91 Å². The molecule has 1 aliphatic rings. The van der Waals surface area contributed by atoms with Crippen molar-refractivity contribution in [3.8, 4) is 0 Å². The Bertz CT molecular complexity index is 939. The lowest BCUT2D eigenvalue weighted by atomic mass is 9.97. The molecule has 1 fully saturated rings. The highest BCUT2D eigenvalue weighted by Crippen LogP contribution is 2.25. The van der Waals surface area contributed by atoms with Crippen molar-refractivity contribution in [3.05, 3.63) is 58.6 Å². The number of halogens is 1. The van der Waals surface area contributed by atoms with Gasteiger partial charge in [-0.1, -0.05) is 31.9 Å². The van der Waals surface area contributed by atoms with Crippen molar-refractivity contribution in [1.82, 2.24) is 10.2 Å². The maximum atomic E-state index is 13.1. The lowest BCUT2D eigenvalue weighted by molar-refractivity contribution is -0.119. The summed E-state index contributed by atoms with van der Waals surface area (Å²) in [6.45, 7) is 10.1. The molecule has 7 heteroatoms. The van der Waals surface area contributed by atoms with Gasteiger partial charge in [-0.3, -0.25) is 9.59 Å². The van der Waals surface area contributed by atoms with Gasteiger partial charge in [-0.25, -0.2) is 0 Å². The van der Waals surface area contributed by atoms with E-state index in [4.69, 9.17) is 11.6 Å². The summed E-state index contributed by atoms with van der Waals surface area (Å²) in [7, 11) is 2.14. The van der Waals surface area contributed by atoms with E-state index in [2.05, 4.69) is 40.5 Å². The molecule has 2 N–H and O–H groups in total. The van der Waals surface area contributed by atoms with Gasteiger partial charge in [-0.2, -0.15) is 0 Å². The Kier molecular flexibility index (Phi) is 8.15. The lowest BCUT2D eigenvalue weighted by Crippen LogP contribution is -2.47. The molecule has 6 nitrogen and oxygen atoms in total. The number of nitrogens with zero attached hydrogens (tertiary/aromatic N) is 2. The molecule has 3 rings (SSSR count). The molecule has 1 heterocycles. The number of hydrogen-bond acceptors (Lipinski definition) is 4. The van der Waals surface area contributed by atoms with Gasteiger partial charge < -0.3 is 20.4 Å². The van der Waals surface area contributed by atoms with Gasteiger partial charge >= 0.3 is 0 Å². The molecule has 2 amide bonds. The smallest absolute Gasteiger partial charge is 0.251 e. The Morgan fingerprint density at radius 2 is 1.72 bits per heavy atom. The third-order valence-corrected chi connectivity index (χ3v) is 6.45. The molecule has 2 aromatic carbocycles. The standard InChI is InChI=1S/C25H33ClN4O2/c1-5-17(2)23(28-24(31)19-6-8-20(26)9-7-19)25(32)27-21-10-11-22(18(3)16-21)30-14-12-29(4)13-15-30/h6-11,16-17,23H,5,12-15H2,1-4H3,(H,27,32)(H,28,31). The summed E-state index contributed by atoms with van der Waals surface area (Å²) < 4.78 is 0. The minimum atomic E-state index is -0.638. The SMILES string of the molecule is CCC(C)C(NC(=O)c1ccc(Cl)cc1)C(=O)Nc1ccc(N2CCN(C)CC2)c(C)c1. The molecular weight excluding hydrogens is 424 g/mol. The zero-order valence-electron chi connectivity index (χ0n) is 19.3. The van der Waals surface area contributed by atoms with Crippen LogP contribution < -0.4 is 15.5 Å². The number of likely N-dealkylation sites (N-methyl/N-ethyl adjacent to an activating group) is 1. The number of carbonyl (C=O) groups excluding carboxylic acids is 2. The Hall–Kier alpha value is -2.57. The van der Waals surface area contributed by atoms with Gasteiger partial charge in [0.05, 0.1) is 0 Å². The summed E-state index contributed by atoms with van der Waals surface area (Å²) in [5.74, 6) is -0.519. The Morgan fingerprint density at radius 3 is 2.31 bits per heavy atom. The first-order chi connectivity index (χ1) is 15.3. The van der Waals surface area contributed by atoms with Crippen LogP contribution in [0, 0.1) is 12.8 Å². The van der Waals surface area contributed by atoms with Crippen LogP contribution in [0.2, 0.25) is 5.02 Å². The number of rotatable bonds is 7. The van der Waals surface area contributed by atoms with Crippen molar-refractivity contribution in [2.75, 3.05) is 43.4 Å². The zero-order valence-corrected chi connectivity index (χ0v) is 20.1. The highest BCUT2D eigenvalue weighted by molar-refractivity contribution is 6.30. The number of nitrogens with one attached hydrogen (secondary N) is 2. The van der Waals surface area contributed by atoms with E-state index in [0.29, 0.717) is 10.6 Å². The molecule has 1 saturated heterocycles. The Morgan fingerprint density at radius 1 is 1.06 bits per heavy atom. The van der Waals surface area contributed by atoms with E-state index in [1.807, 2.05) is 26.0 Å². The third-order valence-electron chi connectivity index (χ3n) is 6.20. The van der Waals surface area contributed by atoms with Crippen LogP contribution in [-0.2, 0) is 4.79 Å². The first kappa shape index (κ1) is 24.1. The summed E-state index contributed by atoms with van der Waals surface area (Å²) in [4.78, 5) is 30.5. The number of aryl methyl sites for hydroxylation is 1. The second kappa shape index (κ2) is 10.8. The van der Waals surface area contributed by atoms with Crippen LogP contribution in [0.15, 0.2) is 42.5 Å². The van der Waals surface area contributed by atoms with Crippen LogP contribution in [0.1, 0.15) is 36.2 Å². The predicted octanol–water partition coefficient (Wildman–Crippen LogP) is 4.18. The maximum absolute atomic E-state index is 13.1. The Balaban J connectivity index is 1.69. The van der Waals surface area contributed by atoms with Crippen molar-refractivity contribution in [3.63, 3.8) is 0 Å². The van der Waals surface area contributed by atoms with Gasteiger partial charge in [-0.05, 0) is 67.9 Å². The monoisotopic (exact) mass is 456 g/mol. The number of benzene rings is 2. The summed E-state index contributed by atoms with van der Waals surface area (Å²) in [6.07, 6.45) is 0.764. The molecule has 2 aromatic rings. The van der Waals surface area contributed by atoms with Gasteiger partial charge in [0.15, 0.2) is 0 Å². The molecule has 2 atom stereocenters. The average Bonchev–Trinajstić information content (AvgIpc) is 2.78. The number of anilines is 2. The maximum Gasteiger partial charge on any atom is 0.251 e. The van der Waals surface area contributed by atoms with E-state index >= 15 is 0 Å². The van der Waals surface area contributed by atoms with E-state index in [0.717, 1.165) is 43.9 Å². The quantitative estimate of drug-likeness (QED) is 0.655. The lowest BCUT2D eigenvalue weighted by Gasteiger charge is -2.35. The second-order valence-electron chi connectivity index (χ2n) is 8.62. The fourth-order valence-corrected chi connectivity index (χ4v) is 4.01. The molecule has 0 aromatic heterocycles. The molecule has 0 saturated carbocycles. The number of amides is 2. The van der Waals surface area contributed by atoms with Crippen molar-refractivity contribution in [1.29, 1.82) is 0 Å². The topological polar surface area (TPSA) is 64.7 Å². The van der Waals surface area contributed by atoms with Gasteiger partial charge in [0, 0.05) is 48.1 Å². The predicted molar refractivity (Wildman–Crippen MR) is 132 cm³/mol. The Labute approximate surface area is 195 Å². The number of piperazine rings is 1. The van der Waals surface area contributed by atoms with Crippen LogP contribution in [0.25, 0.3) is 0 Å². The van der Waals surface area contributed by atoms with Crippen LogP contribution in [0.4, 0.5) is 11.4 Å². The van der Waals surface area contributed by atoms with Crippen molar-refractivity contribution >= 4 is 34.8 Å². The fourth-order valence-electron chi connectivity index (χ4n) is 3.88. The number of carbonyl (C=O) groups is 2. The van der Waals surface area contributed by atoms with Crippen molar-refractivity contribution in [2.24, 2.45) is 5.92 Å². The van der Waals surface area contributed by atoms with Crippen LogP contribution in [0.5, 0.6) is 0 Å². The van der Waals surface area contributed by atoms with E-state index in [-0.39, 0.29) is 17.7 Å². The highest BCUT2D eigenvalue weighted by atomic mass is 35.5. The normalized spacial score (nSPS) is 16.3. The molecule has 32 heavy (non-hydrogen) atoms. The molecule has 1 aliphatic heterocycles. The largest absolute Gasteiger partial charge is 0.369 e. The highest BCUT2D eigenvalue weighted by Gasteiger charge is 2.27. The minimum absolute atomic E-state index is 0.0167. The van der Waals surface area contributed by atoms with Gasteiger partial charge in [0.25, 0.3) is 5.91 Å². The third kappa shape index (κ3) is 6.02. The molecule has 0 spiro atoms. The van der Waals surface area contributed by atoms with E-state index in [9.17, 15) is 9.59 Å². The molecule has 2 unspecified atom stereocenters. The first-order valence-corrected chi connectivity index (χ1v) is 11.6.